The number of nitrogens with zero attached hydrogens (tertiary/aromatic N) is 3. The minimum atomic E-state index is 0.0676. The highest BCUT2D eigenvalue weighted by molar-refractivity contribution is 5.81. The quantitative estimate of drug-likeness (QED) is 0.707. The lowest BCUT2D eigenvalue weighted by molar-refractivity contribution is 0.561. The van der Waals surface area contributed by atoms with Crippen LogP contribution < -0.4 is 0 Å². The summed E-state index contributed by atoms with van der Waals surface area (Å²) in [6.45, 7) is 9.32. The van der Waals surface area contributed by atoms with E-state index in [2.05, 4.69) is 75.3 Å². The molecule has 0 unspecified atom stereocenters. The third kappa shape index (κ3) is 2.68. The Hall–Kier alpha value is -2.16. The number of fused-ring (bicyclic) bond motifs is 1. The van der Waals surface area contributed by atoms with Gasteiger partial charge in [0, 0.05) is 16.5 Å². The van der Waals surface area contributed by atoms with Crippen molar-refractivity contribution in [2.75, 3.05) is 0 Å². The molecule has 0 bridgehead atoms. The third-order valence-corrected chi connectivity index (χ3v) is 3.73. The van der Waals surface area contributed by atoms with E-state index in [-0.39, 0.29) is 5.41 Å². The molecule has 0 aliphatic rings. The summed E-state index contributed by atoms with van der Waals surface area (Å²) < 4.78 is 2.04. The van der Waals surface area contributed by atoms with Gasteiger partial charge in [0.2, 0.25) is 0 Å². The largest absolute Gasteiger partial charge is 0.259 e. The highest BCUT2D eigenvalue weighted by atomic mass is 15.3. The summed E-state index contributed by atoms with van der Waals surface area (Å²) in [5.41, 5.74) is 4.47. The van der Waals surface area contributed by atoms with E-state index in [1.54, 1.807) is 0 Å². The first-order valence-corrected chi connectivity index (χ1v) is 7.34. The molecule has 1 aromatic carbocycles. The van der Waals surface area contributed by atoms with Gasteiger partial charge in [-0.1, -0.05) is 45.0 Å². The van der Waals surface area contributed by atoms with Gasteiger partial charge in [0.15, 0.2) is 0 Å². The predicted octanol–water partition coefficient (Wildman–Crippen LogP) is 4.09. The molecule has 2 heterocycles. The first kappa shape index (κ1) is 13.8. The van der Waals surface area contributed by atoms with Crippen LogP contribution >= 0.6 is 0 Å². The maximum atomic E-state index is 4.79. The minimum Gasteiger partial charge on any atom is -0.259 e. The number of pyridine rings is 1. The van der Waals surface area contributed by atoms with Gasteiger partial charge in [0.1, 0.15) is 0 Å². The van der Waals surface area contributed by atoms with Crippen molar-refractivity contribution in [1.29, 1.82) is 0 Å². The highest BCUT2D eigenvalue weighted by Crippen LogP contribution is 2.21. The zero-order valence-electron chi connectivity index (χ0n) is 13.1. The second-order valence-corrected chi connectivity index (χ2v) is 6.52. The van der Waals surface area contributed by atoms with Crippen molar-refractivity contribution in [3.05, 3.63) is 59.5 Å². The molecule has 0 aliphatic heterocycles. The SMILES string of the molecule is Cc1nn(Cc2cccc(C(C)(C)C)n2)c2ccccc12. The summed E-state index contributed by atoms with van der Waals surface area (Å²) >= 11 is 0. The van der Waals surface area contributed by atoms with Crippen LogP contribution in [0.4, 0.5) is 0 Å². The standard InChI is InChI=1S/C18H21N3/c1-13-15-9-5-6-10-16(15)21(20-13)12-14-8-7-11-17(19-14)18(2,3)4/h5-11H,12H2,1-4H3. The summed E-state index contributed by atoms with van der Waals surface area (Å²) in [6.07, 6.45) is 0. The van der Waals surface area contributed by atoms with Crippen molar-refractivity contribution < 1.29 is 0 Å². The van der Waals surface area contributed by atoms with Crippen molar-refractivity contribution in [1.82, 2.24) is 14.8 Å². The molecule has 0 aliphatic carbocycles. The third-order valence-electron chi connectivity index (χ3n) is 3.73. The molecule has 0 saturated carbocycles. The molecule has 0 amide bonds. The van der Waals surface area contributed by atoms with Crippen molar-refractivity contribution in [2.24, 2.45) is 0 Å². The number of aromatic nitrogens is 3. The zero-order chi connectivity index (χ0) is 15.0. The molecule has 0 radical (unpaired) electrons. The van der Waals surface area contributed by atoms with E-state index < -0.39 is 0 Å². The molecule has 0 atom stereocenters. The Morgan fingerprint density at radius 2 is 1.76 bits per heavy atom. The fourth-order valence-corrected chi connectivity index (χ4v) is 2.55. The van der Waals surface area contributed by atoms with Gasteiger partial charge in [0.25, 0.3) is 0 Å². The number of hydrogen-bond acceptors (Lipinski definition) is 2. The molecule has 0 fully saturated rings. The Kier molecular flexibility index (Phi) is 3.28. The van der Waals surface area contributed by atoms with E-state index in [1.807, 2.05) is 4.68 Å². The van der Waals surface area contributed by atoms with Crippen molar-refractivity contribution in [3.8, 4) is 0 Å². The normalized spacial score (nSPS) is 12.0. The van der Waals surface area contributed by atoms with Gasteiger partial charge in [-0.25, -0.2) is 0 Å². The molecule has 0 N–H and O–H groups in total. The fourth-order valence-electron chi connectivity index (χ4n) is 2.55. The van der Waals surface area contributed by atoms with Gasteiger partial charge in [-0.2, -0.15) is 5.10 Å². The fraction of sp³-hybridized carbons (Fsp3) is 0.333. The van der Waals surface area contributed by atoms with Crippen LogP contribution in [-0.4, -0.2) is 14.8 Å². The molecule has 0 saturated heterocycles. The lowest BCUT2D eigenvalue weighted by atomic mass is 9.91. The molecule has 2 aromatic heterocycles. The van der Waals surface area contributed by atoms with Gasteiger partial charge in [-0.15, -0.1) is 0 Å². The first-order chi connectivity index (χ1) is 9.95. The average molecular weight is 279 g/mol. The average Bonchev–Trinajstić information content (AvgIpc) is 2.76. The molecule has 0 spiro atoms. The summed E-state index contributed by atoms with van der Waals surface area (Å²) in [4.78, 5) is 4.79. The van der Waals surface area contributed by atoms with E-state index >= 15 is 0 Å². The van der Waals surface area contributed by atoms with Gasteiger partial charge < -0.3 is 0 Å². The number of benzene rings is 1. The van der Waals surface area contributed by atoms with Crippen LogP contribution in [0.1, 0.15) is 37.9 Å². The Bertz CT molecular complexity index is 779. The lowest BCUT2D eigenvalue weighted by Crippen LogP contribution is -2.15. The second kappa shape index (κ2) is 4.99. The molecule has 3 heteroatoms. The number of hydrogen-bond donors (Lipinski definition) is 0. The predicted molar refractivity (Wildman–Crippen MR) is 86.5 cm³/mol. The van der Waals surface area contributed by atoms with Crippen molar-refractivity contribution in [2.45, 2.75) is 39.7 Å². The van der Waals surface area contributed by atoms with Crippen LogP contribution in [0.3, 0.4) is 0 Å². The van der Waals surface area contributed by atoms with E-state index in [0.29, 0.717) is 6.54 Å². The zero-order valence-corrected chi connectivity index (χ0v) is 13.1. The van der Waals surface area contributed by atoms with Gasteiger partial charge in [-0.05, 0) is 25.1 Å². The van der Waals surface area contributed by atoms with Gasteiger partial charge in [0.05, 0.1) is 23.4 Å². The topological polar surface area (TPSA) is 30.7 Å². The summed E-state index contributed by atoms with van der Waals surface area (Å²) in [7, 11) is 0. The lowest BCUT2D eigenvalue weighted by Gasteiger charge is -2.18. The van der Waals surface area contributed by atoms with E-state index in [0.717, 1.165) is 22.6 Å². The Labute approximate surface area is 125 Å². The van der Waals surface area contributed by atoms with Crippen molar-refractivity contribution in [3.63, 3.8) is 0 Å². The monoisotopic (exact) mass is 279 g/mol. The summed E-state index contributed by atoms with van der Waals surface area (Å²) in [5.74, 6) is 0. The van der Waals surface area contributed by atoms with Crippen LogP contribution in [0.25, 0.3) is 10.9 Å². The first-order valence-electron chi connectivity index (χ1n) is 7.34. The van der Waals surface area contributed by atoms with Crippen LogP contribution in [0.2, 0.25) is 0 Å². The smallest absolute Gasteiger partial charge is 0.0838 e. The maximum Gasteiger partial charge on any atom is 0.0838 e. The Balaban J connectivity index is 1.99. The van der Waals surface area contributed by atoms with Crippen LogP contribution in [0, 0.1) is 6.92 Å². The number of aryl methyl sites for hydroxylation is 1. The van der Waals surface area contributed by atoms with Gasteiger partial charge in [-0.3, -0.25) is 9.67 Å². The van der Waals surface area contributed by atoms with Crippen LogP contribution in [0.15, 0.2) is 42.5 Å². The molecule has 3 rings (SSSR count). The summed E-state index contributed by atoms with van der Waals surface area (Å²) in [6, 6.07) is 14.6. The number of para-hydroxylation sites is 1. The molecule has 108 valence electrons. The second-order valence-electron chi connectivity index (χ2n) is 6.52. The molecule has 21 heavy (non-hydrogen) atoms. The van der Waals surface area contributed by atoms with Crippen LogP contribution in [-0.2, 0) is 12.0 Å². The van der Waals surface area contributed by atoms with Crippen LogP contribution in [0.5, 0.6) is 0 Å². The maximum absolute atomic E-state index is 4.79. The van der Waals surface area contributed by atoms with E-state index in [1.165, 1.54) is 5.39 Å². The molecular formula is C18H21N3. The number of rotatable bonds is 2. The van der Waals surface area contributed by atoms with E-state index in [9.17, 15) is 0 Å². The van der Waals surface area contributed by atoms with E-state index in [4.69, 9.17) is 4.98 Å². The molecule has 3 aromatic rings. The van der Waals surface area contributed by atoms with Crippen molar-refractivity contribution >= 4 is 10.9 Å². The summed E-state index contributed by atoms with van der Waals surface area (Å²) in [5, 5.41) is 5.87. The minimum absolute atomic E-state index is 0.0676. The van der Waals surface area contributed by atoms with Gasteiger partial charge >= 0.3 is 0 Å². The Morgan fingerprint density at radius 1 is 1.00 bits per heavy atom. The molecular weight excluding hydrogens is 258 g/mol. The Morgan fingerprint density at radius 3 is 2.52 bits per heavy atom. The molecule has 3 nitrogen and oxygen atoms in total. The highest BCUT2D eigenvalue weighted by Gasteiger charge is 2.16.